The molecular formula is C25H29N7O. The third-order valence-corrected chi connectivity index (χ3v) is 6.31. The number of aromatic nitrogens is 2. The van der Waals surface area contributed by atoms with E-state index in [1.54, 1.807) is 0 Å². The van der Waals surface area contributed by atoms with Gasteiger partial charge in [-0.3, -0.25) is 0 Å². The van der Waals surface area contributed by atoms with Crippen LogP contribution in [0, 0.1) is 11.3 Å². The molecule has 2 aromatic heterocycles. The van der Waals surface area contributed by atoms with Crippen molar-refractivity contribution in [1.82, 2.24) is 9.97 Å². The quantitative estimate of drug-likeness (QED) is 0.596. The fraction of sp³-hybridized carbons (Fsp3) is 0.400. The lowest BCUT2D eigenvalue weighted by molar-refractivity contribution is 0.328. The molecule has 1 saturated heterocycles. The predicted molar refractivity (Wildman–Crippen MR) is 132 cm³/mol. The lowest BCUT2D eigenvalue weighted by atomic mass is 10.0. The van der Waals surface area contributed by atoms with E-state index in [1.165, 1.54) is 6.42 Å². The molecule has 1 aromatic carbocycles. The minimum Gasteiger partial charge on any atom is -0.478 e. The summed E-state index contributed by atoms with van der Waals surface area (Å²) in [6.45, 7) is 4.27. The highest BCUT2D eigenvalue weighted by Gasteiger charge is 2.29. The van der Waals surface area contributed by atoms with Gasteiger partial charge in [0.2, 0.25) is 5.88 Å². The Balaban J connectivity index is 1.64. The Hall–Kier alpha value is -3.73. The Labute approximate surface area is 194 Å². The lowest BCUT2D eigenvalue weighted by Gasteiger charge is -2.33. The van der Waals surface area contributed by atoms with Crippen LogP contribution in [0.25, 0.3) is 10.8 Å². The van der Waals surface area contributed by atoms with Gasteiger partial charge in [0.15, 0.2) is 0 Å². The van der Waals surface area contributed by atoms with Crippen molar-refractivity contribution in [1.29, 1.82) is 5.26 Å². The molecule has 1 atom stereocenters. The molecule has 1 unspecified atom stereocenters. The Morgan fingerprint density at radius 2 is 1.79 bits per heavy atom. The van der Waals surface area contributed by atoms with Crippen LogP contribution in [0.5, 0.6) is 5.88 Å². The van der Waals surface area contributed by atoms with Crippen molar-refractivity contribution >= 4 is 33.9 Å². The van der Waals surface area contributed by atoms with Gasteiger partial charge in [-0.15, -0.1) is 0 Å². The number of nitrogens with zero attached hydrogens (tertiary/aromatic N) is 5. The minimum absolute atomic E-state index is 0.198. The lowest BCUT2D eigenvalue weighted by Crippen LogP contribution is -2.32. The van der Waals surface area contributed by atoms with Gasteiger partial charge in [0.25, 0.3) is 0 Å². The van der Waals surface area contributed by atoms with Crippen molar-refractivity contribution in [2.45, 2.75) is 32.4 Å². The molecule has 170 valence electrons. The number of piperidine rings is 1. The van der Waals surface area contributed by atoms with E-state index < -0.39 is 0 Å². The fourth-order valence-electron chi connectivity index (χ4n) is 4.61. The van der Waals surface area contributed by atoms with E-state index in [0.29, 0.717) is 23.9 Å². The zero-order valence-corrected chi connectivity index (χ0v) is 19.4. The first-order valence-electron chi connectivity index (χ1n) is 11.6. The van der Waals surface area contributed by atoms with E-state index in [1.807, 2.05) is 27.1 Å². The summed E-state index contributed by atoms with van der Waals surface area (Å²) < 4.78 is 5.77. The summed E-state index contributed by atoms with van der Waals surface area (Å²) in [4.78, 5) is 14.0. The molecule has 0 aliphatic carbocycles. The number of pyridine rings is 2. The maximum absolute atomic E-state index is 10.1. The third kappa shape index (κ3) is 3.84. The molecule has 5 rings (SSSR count). The van der Waals surface area contributed by atoms with Crippen molar-refractivity contribution in [3.8, 4) is 11.9 Å². The highest BCUT2D eigenvalue weighted by molar-refractivity contribution is 6.07. The Kier molecular flexibility index (Phi) is 5.55. The van der Waals surface area contributed by atoms with Gasteiger partial charge in [-0.05, 0) is 43.9 Å². The van der Waals surface area contributed by atoms with E-state index >= 15 is 0 Å². The van der Waals surface area contributed by atoms with Gasteiger partial charge in [-0.1, -0.05) is 12.1 Å². The van der Waals surface area contributed by atoms with E-state index in [2.05, 4.69) is 50.8 Å². The van der Waals surface area contributed by atoms with Crippen LogP contribution in [0.1, 0.15) is 43.5 Å². The Morgan fingerprint density at radius 3 is 2.42 bits per heavy atom. The van der Waals surface area contributed by atoms with Crippen LogP contribution < -0.4 is 25.2 Å². The molecule has 8 nitrogen and oxygen atoms in total. The summed E-state index contributed by atoms with van der Waals surface area (Å²) in [7, 11) is 4.06. The van der Waals surface area contributed by atoms with Crippen LogP contribution in [0.3, 0.4) is 0 Å². The highest BCUT2D eigenvalue weighted by atomic mass is 16.5. The monoisotopic (exact) mass is 443 g/mol. The van der Waals surface area contributed by atoms with Crippen molar-refractivity contribution in [2.75, 3.05) is 54.2 Å². The summed E-state index contributed by atoms with van der Waals surface area (Å²) in [6.07, 6.45) is 3.24. The molecule has 0 spiro atoms. The molecule has 2 aliphatic heterocycles. The van der Waals surface area contributed by atoms with Crippen LogP contribution in [0.15, 0.2) is 30.3 Å². The molecule has 33 heavy (non-hydrogen) atoms. The minimum atomic E-state index is -0.198. The number of rotatable bonds is 5. The largest absolute Gasteiger partial charge is 0.478 e. The second-order valence-electron chi connectivity index (χ2n) is 8.69. The van der Waals surface area contributed by atoms with E-state index in [4.69, 9.17) is 14.7 Å². The Bertz CT molecular complexity index is 1210. The zero-order valence-electron chi connectivity index (χ0n) is 19.4. The van der Waals surface area contributed by atoms with Crippen LogP contribution in [0.2, 0.25) is 0 Å². The fourth-order valence-corrected chi connectivity index (χ4v) is 4.61. The maximum atomic E-state index is 10.1. The third-order valence-electron chi connectivity index (χ3n) is 6.31. The molecule has 2 N–H and O–H groups in total. The first-order valence-corrected chi connectivity index (χ1v) is 11.6. The molecule has 4 heterocycles. The second kappa shape index (κ2) is 8.66. The molecule has 2 aliphatic rings. The molecular weight excluding hydrogens is 414 g/mol. The van der Waals surface area contributed by atoms with Crippen LogP contribution in [-0.4, -0.2) is 43.8 Å². The van der Waals surface area contributed by atoms with Crippen molar-refractivity contribution in [3.05, 3.63) is 41.5 Å². The first kappa shape index (κ1) is 21.1. The van der Waals surface area contributed by atoms with Crippen molar-refractivity contribution in [3.63, 3.8) is 0 Å². The number of nitriles is 1. The maximum Gasteiger partial charge on any atom is 0.215 e. The molecule has 8 heteroatoms. The molecule has 0 saturated carbocycles. The number of hydrogen-bond donors (Lipinski definition) is 2. The number of hydrogen-bond acceptors (Lipinski definition) is 8. The average Bonchev–Trinajstić information content (AvgIpc) is 2.84. The average molecular weight is 444 g/mol. The summed E-state index contributed by atoms with van der Waals surface area (Å²) in [5.41, 5.74) is 2.80. The SMILES string of the molecule is CCOc1cc2c(C#N)c(N3CCCCC3)nc3c2c(n1)NC(c1ccc(N(C)C)cc1)N3. The number of benzene rings is 1. The number of nitrogens with one attached hydrogen (secondary N) is 2. The molecule has 0 bridgehead atoms. The van der Waals surface area contributed by atoms with Gasteiger partial charge < -0.3 is 25.2 Å². The highest BCUT2D eigenvalue weighted by Crippen LogP contribution is 2.42. The van der Waals surface area contributed by atoms with Crippen LogP contribution in [-0.2, 0) is 0 Å². The summed E-state index contributed by atoms with van der Waals surface area (Å²) in [6, 6.07) is 12.7. The summed E-state index contributed by atoms with van der Waals surface area (Å²) in [5.74, 6) is 2.68. The van der Waals surface area contributed by atoms with Crippen LogP contribution >= 0.6 is 0 Å². The summed E-state index contributed by atoms with van der Waals surface area (Å²) >= 11 is 0. The normalized spacial score (nSPS) is 17.2. The Morgan fingerprint density at radius 1 is 1.09 bits per heavy atom. The van der Waals surface area contributed by atoms with Gasteiger partial charge in [-0.2, -0.15) is 10.2 Å². The van der Waals surface area contributed by atoms with E-state index in [9.17, 15) is 5.26 Å². The first-order chi connectivity index (χ1) is 16.1. The van der Waals surface area contributed by atoms with Gasteiger partial charge in [-0.25, -0.2) is 4.98 Å². The zero-order chi connectivity index (χ0) is 22.9. The number of anilines is 4. The molecule has 0 radical (unpaired) electrons. The van der Waals surface area contributed by atoms with Gasteiger partial charge >= 0.3 is 0 Å². The summed E-state index contributed by atoms with van der Waals surface area (Å²) in [5, 5.41) is 18.8. The number of ether oxygens (including phenoxy) is 1. The topological polar surface area (TPSA) is 89.3 Å². The van der Waals surface area contributed by atoms with Gasteiger partial charge in [0, 0.05) is 44.3 Å². The van der Waals surface area contributed by atoms with E-state index in [-0.39, 0.29) is 6.17 Å². The van der Waals surface area contributed by atoms with Gasteiger partial charge in [0.05, 0.1) is 12.0 Å². The van der Waals surface area contributed by atoms with E-state index in [0.717, 1.165) is 59.6 Å². The molecule has 3 aromatic rings. The smallest absolute Gasteiger partial charge is 0.215 e. The molecule has 1 fully saturated rings. The van der Waals surface area contributed by atoms with Crippen LogP contribution in [0.4, 0.5) is 23.1 Å². The standard InChI is InChI=1S/C25H29N7O/c1-4-33-20-14-18-19(15-26)25(32-12-6-5-7-13-32)30-24-21(18)23(27-20)28-22(29-24)16-8-10-17(11-9-16)31(2)3/h8-11,14,22H,4-7,12-13H2,1-3H3,(H,27,28)(H,29,30). The molecule has 0 amide bonds. The second-order valence-corrected chi connectivity index (χ2v) is 8.69. The van der Waals surface area contributed by atoms with Crippen molar-refractivity contribution in [2.24, 2.45) is 0 Å². The van der Waals surface area contributed by atoms with Gasteiger partial charge in [0.1, 0.15) is 35.3 Å². The van der Waals surface area contributed by atoms with Crippen molar-refractivity contribution < 1.29 is 4.74 Å². The predicted octanol–water partition coefficient (Wildman–Crippen LogP) is 4.49.